The highest BCUT2D eigenvalue weighted by Crippen LogP contribution is 2.39. The molecule has 0 spiro atoms. The van der Waals surface area contributed by atoms with E-state index >= 15 is 0 Å². The highest BCUT2D eigenvalue weighted by Gasteiger charge is 2.48. The first-order valence-corrected chi connectivity index (χ1v) is 6.64. The van der Waals surface area contributed by atoms with Crippen LogP contribution < -0.4 is 11.1 Å². The molecule has 18 heavy (non-hydrogen) atoms. The van der Waals surface area contributed by atoms with E-state index in [0.29, 0.717) is 18.9 Å². The predicted octanol–water partition coefficient (Wildman–Crippen LogP) is 1.12. The molecule has 0 saturated heterocycles. The number of carboxylic acids is 1. The van der Waals surface area contributed by atoms with E-state index in [4.69, 9.17) is 5.73 Å². The molecule has 104 valence electrons. The largest absolute Gasteiger partial charge is 0.480 e. The summed E-state index contributed by atoms with van der Waals surface area (Å²) in [5.41, 5.74) is 4.36. The van der Waals surface area contributed by atoms with Gasteiger partial charge in [0.05, 0.1) is 0 Å². The van der Waals surface area contributed by atoms with E-state index in [1.54, 1.807) is 6.92 Å². The monoisotopic (exact) mass is 256 g/mol. The Bertz CT molecular complexity index is 315. The molecule has 1 saturated carbocycles. The van der Waals surface area contributed by atoms with Crippen molar-refractivity contribution in [1.29, 1.82) is 0 Å². The summed E-state index contributed by atoms with van der Waals surface area (Å²) in [6.45, 7) is 4.28. The quantitative estimate of drug-likeness (QED) is 0.607. The van der Waals surface area contributed by atoms with E-state index in [1.165, 1.54) is 0 Å². The summed E-state index contributed by atoms with van der Waals surface area (Å²) in [7, 11) is 0. The van der Waals surface area contributed by atoms with Crippen molar-refractivity contribution in [2.75, 3.05) is 6.54 Å². The lowest BCUT2D eigenvalue weighted by atomic mass is 9.95. The molecule has 1 aliphatic carbocycles. The van der Waals surface area contributed by atoms with Crippen molar-refractivity contribution < 1.29 is 14.7 Å². The number of nitrogens with one attached hydrogen (secondary N) is 1. The van der Waals surface area contributed by atoms with Crippen molar-refractivity contribution in [2.45, 2.75) is 51.5 Å². The molecule has 0 aromatic rings. The SMILES string of the molecule is CC(CCN)CCC(=O)NC(C)(C(=O)O)C1CC1. The summed E-state index contributed by atoms with van der Waals surface area (Å²) < 4.78 is 0. The van der Waals surface area contributed by atoms with Crippen LogP contribution in [0.1, 0.15) is 46.0 Å². The van der Waals surface area contributed by atoms with E-state index < -0.39 is 11.5 Å². The molecule has 2 unspecified atom stereocenters. The summed E-state index contributed by atoms with van der Waals surface area (Å²) in [6, 6.07) is 0. The number of rotatable bonds is 8. The Hall–Kier alpha value is -1.10. The zero-order chi connectivity index (χ0) is 13.8. The van der Waals surface area contributed by atoms with Crippen LogP contribution in [0.2, 0.25) is 0 Å². The topological polar surface area (TPSA) is 92.4 Å². The highest BCUT2D eigenvalue weighted by molar-refractivity contribution is 5.87. The van der Waals surface area contributed by atoms with Gasteiger partial charge in [-0.2, -0.15) is 0 Å². The van der Waals surface area contributed by atoms with Crippen LogP contribution in [-0.4, -0.2) is 29.1 Å². The van der Waals surface area contributed by atoms with Crippen molar-refractivity contribution in [2.24, 2.45) is 17.6 Å². The Morgan fingerprint density at radius 1 is 1.44 bits per heavy atom. The van der Waals surface area contributed by atoms with Gasteiger partial charge < -0.3 is 16.2 Å². The number of carbonyl (C=O) groups is 2. The maximum atomic E-state index is 11.8. The second-order valence-electron chi connectivity index (χ2n) is 5.55. The zero-order valence-electron chi connectivity index (χ0n) is 11.2. The molecule has 5 nitrogen and oxygen atoms in total. The van der Waals surface area contributed by atoms with Crippen LogP contribution in [0.3, 0.4) is 0 Å². The Labute approximate surface area is 108 Å². The van der Waals surface area contributed by atoms with E-state index in [2.05, 4.69) is 12.2 Å². The molecule has 0 aromatic carbocycles. The molecule has 2 atom stereocenters. The molecule has 1 amide bonds. The highest BCUT2D eigenvalue weighted by atomic mass is 16.4. The van der Waals surface area contributed by atoms with Crippen LogP contribution in [0.5, 0.6) is 0 Å². The number of hydrogen-bond acceptors (Lipinski definition) is 3. The molecule has 0 bridgehead atoms. The molecule has 0 aromatic heterocycles. The lowest BCUT2D eigenvalue weighted by molar-refractivity contribution is -0.148. The smallest absolute Gasteiger partial charge is 0.329 e. The van der Waals surface area contributed by atoms with Crippen LogP contribution >= 0.6 is 0 Å². The van der Waals surface area contributed by atoms with E-state index in [9.17, 15) is 14.7 Å². The zero-order valence-corrected chi connectivity index (χ0v) is 11.2. The summed E-state index contributed by atoms with van der Waals surface area (Å²) in [5, 5.41) is 11.9. The summed E-state index contributed by atoms with van der Waals surface area (Å²) in [5.74, 6) is -0.623. The number of nitrogens with two attached hydrogens (primary N) is 1. The second-order valence-corrected chi connectivity index (χ2v) is 5.55. The number of hydrogen-bond donors (Lipinski definition) is 3. The van der Waals surface area contributed by atoms with Gasteiger partial charge in [0.1, 0.15) is 5.54 Å². The number of aliphatic carboxylic acids is 1. The maximum Gasteiger partial charge on any atom is 0.329 e. The van der Waals surface area contributed by atoms with Gasteiger partial charge in [0, 0.05) is 6.42 Å². The number of amides is 1. The molecule has 0 radical (unpaired) electrons. The first kappa shape index (κ1) is 15.0. The second kappa shape index (κ2) is 6.18. The minimum Gasteiger partial charge on any atom is -0.480 e. The standard InChI is InChI=1S/C13H24N2O3/c1-9(7-8-14)3-6-11(16)15-13(2,12(17)18)10-4-5-10/h9-10H,3-8,14H2,1-2H3,(H,15,16)(H,17,18). The van der Waals surface area contributed by atoms with Crippen LogP contribution in [0, 0.1) is 11.8 Å². The lowest BCUT2D eigenvalue weighted by Gasteiger charge is -2.26. The summed E-state index contributed by atoms with van der Waals surface area (Å²) in [6.07, 6.45) is 3.78. The fraction of sp³-hybridized carbons (Fsp3) is 0.846. The van der Waals surface area contributed by atoms with E-state index in [1.807, 2.05) is 0 Å². The van der Waals surface area contributed by atoms with Gasteiger partial charge in [-0.05, 0) is 51.0 Å². The van der Waals surface area contributed by atoms with Crippen LogP contribution in [-0.2, 0) is 9.59 Å². The minimum atomic E-state index is -1.09. The molecule has 4 N–H and O–H groups in total. The van der Waals surface area contributed by atoms with Gasteiger partial charge >= 0.3 is 5.97 Å². The van der Waals surface area contributed by atoms with Gasteiger partial charge in [0.2, 0.25) is 5.91 Å². The lowest BCUT2D eigenvalue weighted by Crippen LogP contribution is -2.54. The molecule has 0 aliphatic heterocycles. The molecule has 1 rings (SSSR count). The van der Waals surface area contributed by atoms with Crippen molar-refractivity contribution in [3.8, 4) is 0 Å². The Kier molecular flexibility index (Phi) is 5.14. The normalized spacial score (nSPS) is 19.9. The average molecular weight is 256 g/mol. The van der Waals surface area contributed by atoms with Crippen molar-refractivity contribution in [3.05, 3.63) is 0 Å². The third-order valence-electron chi connectivity index (χ3n) is 3.76. The summed E-state index contributed by atoms with van der Waals surface area (Å²) >= 11 is 0. The Morgan fingerprint density at radius 3 is 2.50 bits per heavy atom. The van der Waals surface area contributed by atoms with Crippen LogP contribution in [0.4, 0.5) is 0 Å². The average Bonchev–Trinajstić information content (AvgIpc) is 3.10. The third-order valence-corrected chi connectivity index (χ3v) is 3.76. The fourth-order valence-electron chi connectivity index (χ4n) is 2.15. The van der Waals surface area contributed by atoms with Gasteiger partial charge in [-0.3, -0.25) is 4.79 Å². The van der Waals surface area contributed by atoms with Gasteiger partial charge in [0.15, 0.2) is 0 Å². The van der Waals surface area contributed by atoms with Crippen LogP contribution in [0.15, 0.2) is 0 Å². The molecule has 5 heteroatoms. The first-order chi connectivity index (χ1) is 8.40. The Morgan fingerprint density at radius 2 is 2.06 bits per heavy atom. The van der Waals surface area contributed by atoms with Crippen molar-refractivity contribution in [3.63, 3.8) is 0 Å². The van der Waals surface area contributed by atoms with Gasteiger partial charge in [-0.25, -0.2) is 4.79 Å². The fourth-order valence-corrected chi connectivity index (χ4v) is 2.15. The molecule has 1 fully saturated rings. The van der Waals surface area contributed by atoms with Gasteiger partial charge in [-0.1, -0.05) is 6.92 Å². The first-order valence-electron chi connectivity index (χ1n) is 6.64. The third kappa shape index (κ3) is 3.98. The van der Waals surface area contributed by atoms with E-state index in [0.717, 1.165) is 25.7 Å². The van der Waals surface area contributed by atoms with Crippen molar-refractivity contribution in [1.82, 2.24) is 5.32 Å². The van der Waals surface area contributed by atoms with E-state index in [-0.39, 0.29) is 11.8 Å². The Balaban J connectivity index is 2.40. The number of carboxylic acid groups (broad SMARTS) is 1. The molecular formula is C13H24N2O3. The number of carbonyl (C=O) groups excluding carboxylic acids is 1. The molecular weight excluding hydrogens is 232 g/mol. The predicted molar refractivity (Wildman–Crippen MR) is 69.0 cm³/mol. The maximum absolute atomic E-state index is 11.8. The molecule has 0 heterocycles. The van der Waals surface area contributed by atoms with Gasteiger partial charge in [-0.15, -0.1) is 0 Å². The van der Waals surface area contributed by atoms with Gasteiger partial charge in [0.25, 0.3) is 0 Å². The minimum absolute atomic E-state index is 0.0837. The summed E-state index contributed by atoms with van der Waals surface area (Å²) in [4.78, 5) is 23.0. The van der Waals surface area contributed by atoms with Crippen molar-refractivity contribution >= 4 is 11.9 Å². The molecule has 1 aliphatic rings. The van der Waals surface area contributed by atoms with Crippen LogP contribution in [0.25, 0.3) is 0 Å².